The standard InChI is InChI=1S/C45H78O14/c1-3-5-7-9-11-13-14-15-16-17-18-19-21-23-25-27-29-54-31-34(57-37(47)28-26-24-22-20-12-10-8-6-4-2)32-55-44-43(53)41(51)39(49)36(59-44)33-56-45-42(52)40(50)38(48)35(30-46)58-45/h5,7,11,13,15-16,18-19,34-36,38-46,48-53H,3-4,6,8-10,12,14,17,20-33H2,1-2H3/b7-5-,13-11-,16-15-,19-18-. The van der Waals surface area contributed by atoms with Gasteiger partial charge in [-0.2, -0.15) is 0 Å². The van der Waals surface area contributed by atoms with E-state index in [9.17, 15) is 40.5 Å². The lowest BCUT2D eigenvalue weighted by Crippen LogP contribution is -2.61. The zero-order valence-electron chi connectivity index (χ0n) is 35.7. The average Bonchev–Trinajstić information content (AvgIpc) is 3.23. The third kappa shape index (κ3) is 22.6. The summed E-state index contributed by atoms with van der Waals surface area (Å²) in [6, 6.07) is 0. The molecule has 2 aliphatic heterocycles. The topological polar surface area (TPSA) is 214 Å². The minimum atomic E-state index is -1.71. The van der Waals surface area contributed by atoms with Gasteiger partial charge >= 0.3 is 5.97 Å². The van der Waals surface area contributed by atoms with Crippen molar-refractivity contribution in [1.29, 1.82) is 0 Å². The van der Waals surface area contributed by atoms with Crippen molar-refractivity contribution < 1.29 is 69.0 Å². The molecule has 2 saturated heterocycles. The number of aliphatic hydroxyl groups is 7. The molecule has 59 heavy (non-hydrogen) atoms. The molecule has 2 fully saturated rings. The predicted octanol–water partition coefficient (Wildman–Crippen LogP) is 4.84. The monoisotopic (exact) mass is 843 g/mol. The molecule has 14 nitrogen and oxygen atoms in total. The van der Waals surface area contributed by atoms with E-state index in [0.29, 0.717) is 13.0 Å². The van der Waals surface area contributed by atoms with Gasteiger partial charge in [-0.1, -0.05) is 120 Å². The minimum Gasteiger partial charge on any atom is -0.457 e. The van der Waals surface area contributed by atoms with Crippen molar-refractivity contribution in [3.63, 3.8) is 0 Å². The first-order chi connectivity index (χ1) is 28.6. The second-order valence-corrected chi connectivity index (χ2v) is 15.5. The Balaban J connectivity index is 1.83. The van der Waals surface area contributed by atoms with Crippen LogP contribution < -0.4 is 0 Å². The average molecular weight is 843 g/mol. The molecule has 2 aliphatic rings. The molecule has 14 heteroatoms. The Bertz CT molecular complexity index is 1160. The smallest absolute Gasteiger partial charge is 0.306 e. The Morgan fingerprint density at radius 1 is 0.576 bits per heavy atom. The Kier molecular flexibility index (Phi) is 30.2. The summed E-state index contributed by atoms with van der Waals surface area (Å²) in [4.78, 5) is 12.9. The first-order valence-electron chi connectivity index (χ1n) is 22.2. The summed E-state index contributed by atoms with van der Waals surface area (Å²) in [6.07, 6.45) is 19.1. The normalized spacial score (nSPS) is 28.4. The van der Waals surface area contributed by atoms with Crippen molar-refractivity contribution in [2.75, 3.05) is 33.0 Å². The van der Waals surface area contributed by atoms with E-state index in [0.717, 1.165) is 70.6 Å². The van der Waals surface area contributed by atoms with Crippen LogP contribution in [0.4, 0.5) is 0 Å². The van der Waals surface area contributed by atoms with Gasteiger partial charge in [0.05, 0.1) is 26.4 Å². The lowest BCUT2D eigenvalue weighted by molar-refractivity contribution is -0.332. The number of carbonyl (C=O) groups is 1. The van der Waals surface area contributed by atoms with Crippen LogP contribution >= 0.6 is 0 Å². The summed E-state index contributed by atoms with van der Waals surface area (Å²) >= 11 is 0. The second kappa shape index (κ2) is 33.6. The van der Waals surface area contributed by atoms with Gasteiger partial charge in [0.15, 0.2) is 12.6 Å². The van der Waals surface area contributed by atoms with Crippen LogP contribution in [0, 0.1) is 0 Å². The quantitative estimate of drug-likeness (QED) is 0.0268. The molecule has 11 atom stereocenters. The number of ether oxygens (including phenoxy) is 6. The van der Waals surface area contributed by atoms with Crippen LogP contribution in [0.15, 0.2) is 48.6 Å². The number of hydrogen-bond acceptors (Lipinski definition) is 14. The van der Waals surface area contributed by atoms with E-state index in [4.69, 9.17) is 28.4 Å². The highest BCUT2D eigenvalue weighted by Crippen LogP contribution is 2.26. The third-order valence-electron chi connectivity index (χ3n) is 10.4. The van der Waals surface area contributed by atoms with Gasteiger partial charge in [-0.3, -0.25) is 4.79 Å². The fraction of sp³-hybridized carbons (Fsp3) is 0.800. The van der Waals surface area contributed by atoms with E-state index in [1.807, 2.05) is 0 Å². The predicted molar refractivity (Wildman–Crippen MR) is 224 cm³/mol. The highest BCUT2D eigenvalue weighted by atomic mass is 16.7. The van der Waals surface area contributed by atoms with Crippen molar-refractivity contribution in [2.24, 2.45) is 0 Å². The molecule has 2 heterocycles. The molecule has 0 amide bonds. The summed E-state index contributed by atoms with van der Waals surface area (Å²) in [7, 11) is 0. The second-order valence-electron chi connectivity index (χ2n) is 15.5. The molecule has 342 valence electrons. The maximum absolute atomic E-state index is 12.9. The van der Waals surface area contributed by atoms with E-state index in [2.05, 4.69) is 62.5 Å². The molecular weight excluding hydrogens is 764 g/mol. The van der Waals surface area contributed by atoms with Crippen LogP contribution in [0.3, 0.4) is 0 Å². The molecule has 0 saturated carbocycles. The number of carbonyl (C=O) groups excluding carboxylic acids is 1. The number of hydrogen-bond donors (Lipinski definition) is 7. The largest absolute Gasteiger partial charge is 0.457 e. The Morgan fingerprint density at radius 2 is 1.10 bits per heavy atom. The summed E-state index contributed by atoms with van der Waals surface area (Å²) in [5.74, 6) is -0.394. The summed E-state index contributed by atoms with van der Waals surface area (Å²) in [6.45, 7) is 3.44. The number of rotatable bonds is 33. The zero-order valence-corrected chi connectivity index (χ0v) is 35.7. The van der Waals surface area contributed by atoms with Gasteiger partial charge in [-0.05, 0) is 51.4 Å². The van der Waals surface area contributed by atoms with E-state index >= 15 is 0 Å². The molecule has 0 spiro atoms. The Hall–Kier alpha value is -2.05. The van der Waals surface area contributed by atoms with Gasteiger partial charge < -0.3 is 64.2 Å². The van der Waals surface area contributed by atoms with Crippen molar-refractivity contribution in [1.82, 2.24) is 0 Å². The Labute approximate surface area is 352 Å². The first kappa shape index (κ1) is 53.1. The summed E-state index contributed by atoms with van der Waals surface area (Å²) in [5.41, 5.74) is 0. The van der Waals surface area contributed by atoms with Gasteiger partial charge in [-0.25, -0.2) is 0 Å². The van der Waals surface area contributed by atoms with Crippen molar-refractivity contribution in [2.45, 2.75) is 197 Å². The minimum absolute atomic E-state index is 0.0397. The highest BCUT2D eigenvalue weighted by molar-refractivity contribution is 5.69. The van der Waals surface area contributed by atoms with Gasteiger partial charge in [0.2, 0.25) is 0 Å². The van der Waals surface area contributed by atoms with Gasteiger partial charge in [0.25, 0.3) is 0 Å². The number of allylic oxidation sites excluding steroid dienone is 8. The molecule has 0 bridgehead atoms. The molecule has 0 aromatic heterocycles. The number of unbranched alkanes of at least 4 members (excludes halogenated alkanes) is 11. The van der Waals surface area contributed by atoms with Crippen LogP contribution in [0.1, 0.15) is 129 Å². The van der Waals surface area contributed by atoms with E-state index in [1.54, 1.807) is 0 Å². The molecule has 0 radical (unpaired) electrons. The van der Waals surface area contributed by atoms with Crippen molar-refractivity contribution in [3.8, 4) is 0 Å². The number of esters is 1. The number of aliphatic hydroxyl groups excluding tert-OH is 7. The lowest BCUT2D eigenvalue weighted by Gasteiger charge is -2.42. The van der Waals surface area contributed by atoms with E-state index < -0.39 is 86.7 Å². The van der Waals surface area contributed by atoms with E-state index in [1.165, 1.54) is 32.1 Å². The van der Waals surface area contributed by atoms with Crippen LogP contribution in [-0.4, -0.2) is 142 Å². The highest BCUT2D eigenvalue weighted by Gasteiger charge is 2.47. The molecule has 0 aromatic carbocycles. The SMILES string of the molecule is CC/C=C\C/C=C\C/C=C\C/C=C\CCCCCOCC(COC1OC(COC2OC(CO)C(O)C(O)C2O)C(O)C(O)C1O)OC(=O)CCCCCCCCCCC. The van der Waals surface area contributed by atoms with Crippen molar-refractivity contribution >= 4 is 5.97 Å². The first-order valence-corrected chi connectivity index (χ1v) is 22.2. The fourth-order valence-corrected chi connectivity index (χ4v) is 6.69. The van der Waals surface area contributed by atoms with E-state index in [-0.39, 0.29) is 19.6 Å². The third-order valence-corrected chi connectivity index (χ3v) is 10.4. The van der Waals surface area contributed by atoms with Crippen LogP contribution in [0.2, 0.25) is 0 Å². The van der Waals surface area contributed by atoms with Gasteiger partial charge in [0, 0.05) is 13.0 Å². The van der Waals surface area contributed by atoms with Crippen molar-refractivity contribution in [3.05, 3.63) is 48.6 Å². The molecule has 0 aliphatic carbocycles. The molecular formula is C45H78O14. The van der Waals surface area contributed by atoms with Gasteiger partial charge in [-0.15, -0.1) is 0 Å². The lowest BCUT2D eigenvalue weighted by atomic mass is 9.98. The molecule has 0 aromatic rings. The Morgan fingerprint density at radius 3 is 1.71 bits per heavy atom. The summed E-state index contributed by atoms with van der Waals surface area (Å²) < 4.78 is 34.0. The summed E-state index contributed by atoms with van der Waals surface area (Å²) in [5, 5.41) is 71.8. The molecule has 11 unspecified atom stereocenters. The molecule has 7 N–H and O–H groups in total. The maximum atomic E-state index is 12.9. The maximum Gasteiger partial charge on any atom is 0.306 e. The van der Waals surface area contributed by atoms with Gasteiger partial charge in [0.1, 0.15) is 54.9 Å². The zero-order chi connectivity index (χ0) is 43.1. The van der Waals surface area contributed by atoms with Crippen LogP contribution in [-0.2, 0) is 33.2 Å². The van der Waals surface area contributed by atoms with Crippen LogP contribution in [0.25, 0.3) is 0 Å². The fourth-order valence-electron chi connectivity index (χ4n) is 6.69. The van der Waals surface area contributed by atoms with Crippen LogP contribution in [0.5, 0.6) is 0 Å². The molecule has 2 rings (SSSR count).